The normalized spacial score (nSPS) is 42.3. The third-order valence-corrected chi connectivity index (χ3v) is 13.4. The summed E-state index contributed by atoms with van der Waals surface area (Å²) in [5.41, 5.74) is 4.27. The van der Waals surface area contributed by atoms with Crippen molar-refractivity contribution in [1.82, 2.24) is 4.67 Å². The first kappa shape index (κ1) is 23.0. The zero-order valence-corrected chi connectivity index (χ0v) is 22.8. The average Bonchev–Trinajstić information content (AvgIpc) is 3.28. The molecule has 1 aromatic heterocycles. The summed E-state index contributed by atoms with van der Waals surface area (Å²) in [4.78, 5) is 0. The van der Waals surface area contributed by atoms with Crippen LogP contribution in [0.1, 0.15) is 77.7 Å². The standard InChI is InChI=1S/C29H42N2O3P/c1-29(2,3)18-13-15-30(4)25(16-18)34-22-9-7-8-19-20-17-32-21-11-12-23-28(26(20)21)35(27(19)22)31-14-6-5-10-24(31)33-23/h13,15-17,19,21-24,26-28H,5-12,14H2,1-4H3/q+1. The lowest BCUT2D eigenvalue weighted by molar-refractivity contribution is -0.678. The average molecular weight is 498 g/mol. The first-order valence-electron chi connectivity index (χ1n) is 14.1. The van der Waals surface area contributed by atoms with Gasteiger partial charge in [0.2, 0.25) is 0 Å². The van der Waals surface area contributed by atoms with Crippen LogP contribution in [0, 0.1) is 11.8 Å². The molecule has 6 aliphatic rings. The Bertz CT molecular complexity index is 1020. The smallest absolute Gasteiger partial charge is 0.368 e. The number of pyridine rings is 1. The number of ether oxygens (including phenoxy) is 3. The fourth-order valence-corrected chi connectivity index (χ4v) is 12.5. The van der Waals surface area contributed by atoms with E-state index in [-0.39, 0.29) is 19.6 Å². The van der Waals surface area contributed by atoms with Crippen molar-refractivity contribution in [1.29, 1.82) is 0 Å². The van der Waals surface area contributed by atoms with E-state index in [9.17, 15) is 0 Å². The van der Waals surface area contributed by atoms with E-state index < -0.39 is 0 Å². The fourth-order valence-electron chi connectivity index (χ4n) is 8.06. The zero-order chi connectivity index (χ0) is 23.9. The second-order valence-electron chi connectivity index (χ2n) is 12.9. The molecule has 3 saturated heterocycles. The van der Waals surface area contributed by atoms with Gasteiger partial charge in [0.1, 0.15) is 25.5 Å². The number of nitrogens with zero attached hydrogens (tertiary/aromatic N) is 2. The van der Waals surface area contributed by atoms with Gasteiger partial charge in [0, 0.05) is 29.8 Å². The van der Waals surface area contributed by atoms with Crippen LogP contribution in [-0.4, -0.2) is 47.1 Å². The quantitative estimate of drug-likeness (QED) is 0.404. The summed E-state index contributed by atoms with van der Waals surface area (Å²) in [6, 6.07) is 4.55. The summed E-state index contributed by atoms with van der Waals surface area (Å²) >= 11 is 0. The largest absolute Gasteiger partial charge is 0.497 e. The van der Waals surface area contributed by atoms with E-state index in [1.165, 1.54) is 57.1 Å². The minimum absolute atomic E-state index is 0.113. The van der Waals surface area contributed by atoms with Crippen LogP contribution < -0.4 is 9.30 Å². The van der Waals surface area contributed by atoms with Crippen molar-refractivity contribution in [2.24, 2.45) is 18.9 Å². The molecule has 0 amide bonds. The Labute approximate surface area is 212 Å². The molecule has 6 heteroatoms. The molecular weight excluding hydrogens is 455 g/mol. The molecule has 2 saturated carbocycles. The molecule has 0 aromatic carbocycles. The second kappa shape index (κ2) is 8.43. The maximum Gasteiger partial charge on any atom is 0.368 e. The van der Waals surface area contributed by atoms with Crippen LogP contribution >= 0.6 is 8.07 Å². The van der Waals surface area contributed by atoms with Crippen LogP contribution in [0.4, 0.5) is 0 Å². The highest BCUT2D eigenvalue weighted by Crippen LogP contribution is 2.71. The molecule has 5 heterocycles. The van der Waals surface area contributed by atoms with Crippen LogP contribution in [0.15, 0.2) is 30.2 Å². The minimum Gasteiger partial charge on any atom is -0.497 e. The van der Waals surface area contributed by atoms with Gasteiger partial charge in [-0.05, 0) is 81.9 Å². The van der Waals surface area contributed by atoms with Gasteiger partial charge in [-0.15, -0.1) is 0 Å². The van der Waals surface area contributed by atoms with Crippen molar-refractivity contribution in [3.05, 3.63) is 35.7 Å². The molecule has 35 heavy (non-hydrogen) atoms. The van der Waals surface area contributed by atoms with E-state index in [4.69, 9.17) is 14.2 Å². The number of rotatable bonds is 2. The third kappa shape index (κ3) is 3.62. The van der Waals surface area contributed by atoms with Gasteiger partial charge in [-0.1, -0.05) is 20.8 Å². The van der Waals surface area contributed by atoms with Crippen molar-refractivity contribution < 1.29 is 18.8 Å². The summed E-state index contributed by atoms with van der Waals surface area (Å²) in [7, 11) is 1.80. The number of aryl methyl sites for hydroxylation is 1. The van der Waals surface area contributed by atoms with Crippen LogP contribution in [0.5, 0.6) is 5.88 Å². The lowest BCUT2D eigenvalue weighted by Gasteiger charge is -2.63. The highest BCUT2D eigenvalue weighted by atomic mass is 31.1. The number of hydrogen-bond acceptors (Lipinski definition) is 4. The Hall–Kier alpha value is -1.16. The summed E-state index contributed by atoms with van der Waals surface area (Å²) in [6.45, 7) is 8.08. The van der Waals surface area contributed by atoms with Crippen LogP contribution in [0.25, 0.3) is 0 Å². The molecule has 2 aliphatic carbocycles. The van der Waals surface area contributed by atoms with Gasteiger partial charge in [0.05, 0.1) is 18.4 Å². The van der Waals surface area contributed by atoms with Crippen molar-refractivity contribution in [3.63, 3.8) is 0 Å². The Kier molecular flexibility index (Phi) is 5.54. The van der Waals surface area contributed by atoms with Crippen molar-refractivity contribution >= 4 is 8.07 Å². The topological polar surface area (TPSA) is 34.8 Å². The second-order valence-corrected chi connectivity index (χ2v) is 15.3. The summed E-state index contributed by atoms with van der Waals surface area (Å²) in [6.07, 6.45) is 15.7. The SMILES string of the molecule is C[n+]1ccc(C(C)(C)C)cc1OC1CCCC2C3=COC4CCC5OC6CCCCN6P(C12)C5C34. The Morgan fingerprint density at radius 3 is 2.74 bits per heavy atom. The minimum atomic E-state index is -0.330. The Morgan fingerprint density at radius 1 is 1.03 bits per heavy atom. The molecule has 9 atom stereocenters. The van der Waals surface area contributed by atoms with E-state index in [0.717, 1.165) is 12.3 Å². The third-order valence-electron chi connectivity index (χ3n) is 9.78. The molecular formula is C29H42N2O3P+. The Morgan fingerprint density at radius 2 is 1.89 bits per heavy atom. The van der Waals surface area contributed by atoms with E-state index in [1.807, 2.05) is 0 Å². The number of piperidine rings is 1. The van der Waals surface area contributed by atoms with Crippen LogP contribution in [-0.2, 0) is 21.9 Å². The number of aromatic nitrogens is 1. The summed E-state index contributed by atoms with van der Waals surface area (Å²) < 4.78 is 25.4. The van der Waals surface area contributed by atoms with Gasteiger partial charge in [0.25, 0.3) is 0 Å². The lowest BCUT2D eigenvalue weighted by atomic mass is 9.71. The molecule has 7 rings (SSSR count). The summed E-state index contributed by atoms with van der Waals surface area (Å²) in [5, 5.41) is 0. The van der Waals surface area contributed by atoms with E-state index in [2.05, 4.69) is 61.6 Å². The lowest BCUT2D eigenvalue weighted by Crippen LogP contribution is -2.63. The summed E-state index contributed by atoms with van der Waals surface area (Å²) in [5.74, 6) is 2.23. The zero-order valence-electron chi connectivity index (χ0n) is 21.9. The van der Waals surface area contributed by atoms with Crippen molar-refractivity contribution in [2.45, 2.75) is 113 Å². The fraction of sp³-hybridized carbons (Fsp3) is 0.759. The molecule has 0 bridgehead atoms. The predicted octanol–water partition coefficient (Wildman–Crippen LogP) is 5.41. The first-order valence-corrected chi connectivity index (χ1v) is 15.6. The van der Waals surface area contributed by atoms with Gasteiger partial charge >= 0.3 is 5.88 Å². The van der Waals surface area contributed by atoms with Crippen LogP contribution in [0.3, 0.4) is 0 Å². The highest BCUT2D eigenvalue weighted by Gasteiger charge is 2.64. The first-order chi connectivity index (χ1) is 16.9. The van der Waals surface area contributed by atoms with Crippen molar-refractivity contribution in [3.8, 4) is 5.88 Å². The maximum atomic E-state index is 7.09. The molecule has 1 aromatic rings. The van der Waals surface area contributed by atoms with Crippen LogP contribution in [0.2, 0.25) is 0 Å². The highest BCUT2D eigenvalue weighted by molar-refractivity contribution is 7.57. The molecule has 190 valence electrons. The molecule has 0 spiro atoms. The Balaban J connectivity index is 1.28. The molecule has 9 unspecified atom stereocenters. The maximum absolute atomic E-state index is 7.09. The van der Waals surface area contributed by atoms with Gasteiger partial charge in [-0.2, -0.15) is 4.57 Å². The van der Waals surface area contributed by atoms with Gasteiger partial charge in [-0.3, -0.25) is 4.67 Å². The molecule has 4 aliphatic heterocycles. The molecule has 5 fully saturated rings. The van der Waals surface area contributed by atoms with E-state index in [1.54, 1.807) is 5.57 Å². The monoisotopic (exact) mass is 497 g/mol. The van der Waals surface area contributed by atoms with Gasteiger partial charge in [-0.25, -0.2) is 0 Å². The molecule has 0 N–H and O–H groups in total. The van der Waals surface area contributed by atoms with Gasteiger partial charge < -0.3 is 14.2 Å². The number of hydrogen-bond donors (Lipinski definition) is 0. The van der Waals surface area contributed by atoms with E-state index in [0.29, 0.717) is 41.6 Å². The van der Waals surface area contributed by atoms with Gasteiger partial charge in [0.15, 0.2) is 6.20 Å². The predicted molar refractivity (Wildman–Crippen MR) is 137 cm³/mol. The molecule has 5 nitrogen and oxygen atoms in total. The molecule has 0 radical (unpaired) electrons. The van der Waals surface area contributed by atoms with E-state index >= 15 is 0 Å². The number of fused-ring (bicyclic) bond motifs is 5. The van der Waals surface area contributed by atoms with Crippen molar-refractivity contribution in [2.75, 3.05) is 6.54 Å².